The maximum atomic E-state index is 14.0. The minimum Gasteiger partial charge on any atom is -0.352 e. The molecule has 0 aliphatic heterocycles. The van der Waals surface area contributed by atoms with Gasteiger partial charge in [0.1, 0.15) is 18.4 Å². The molecule has 0 spiro atoms. The Labute approximate surface area is 236 Å². The molecular formula is C31H36FN3O4S. The first-order valence-corrected chi connectivity index (χ1v) is 15.2. The van der Waals surface area contributed by atoms with Crippen LogP contribution < -0.4 is 9.62 Å². The predicted molar refractivity (Wildman–Crippen MR) is 153 cm³/mol. The second-order valence-electron chi connectivity index (χ2n) is 10.1. The van der Waals surface area contributed by atoms with Crippen LogP contribution in [0.5, 0.6) is 0 Å². The number of nitrogens with zero attached hydrogens (tertiary/aromatic N) is 2. The molecule has 0 heterocycles. The van der Waals surface area contributed by atoms with E-state index in [-0.39, 0.29) is 23.4 Å². The lowest BCUT2D eigenvalue weighted by Crippen LogP contribution is -2.54. The van der Waals surface area contributed by atoms with Crippen molar-refractivity contribution >= 4 is 27.5 Å². The molecule has 1 aliphatic rings. The Morgan fingerprint density at radius 2 is 1.50 bits per heavy atom. The van der Waals surface area contributed by atoms with Gasteiger partial charge in [-0.15, -0.1) is 0 Å². The van der Waals surface area contributed by atoms with E-state index < -0.39 is 34.3 Å². The summed E-state index contributed by atoms with van der Waals surface area (Å²) >= 11 is 0. The molecule has 1 atom stereocenters. The number of para-hydroxylation sites is 1. The van der Waals surface area contributed by atoms with Crippen LogP contribution in [0.25, 0.3) is 0 Å². The van der Waals surface area contributed by atoms with Crippen LogP contribution in [0.15, 0.2) is 89.8 Å². The van der Waals surface area contributed by atoms with Crippen molar-refractivity contribution in [3.05, 3.63) is 96.3 Å². The standard InChI is InChI=1S/C31H36FN3O4S/c1-2-29(31(37)33-26-12-6-3-7-13-26)34(22-24-18-20-25(32)21-19-24)30(36)23-35(27-14-8-4-9-15-27)40(38,39)28-16-10-5-11-17-28/h4-5,8-11,14-21,26,29H,2-3,6-7,12-13,22-23H2,1H3,(H,33,37)/t29-/m1/s1. The molecule has 0 saturated heterocycles. The lowest BCUT2D eigenvalue weighted by atomic mass is 9.95. The fourth-order valence-electron chi connectivity index (χ4n) is 5.09. The van der Waals surface area contributed by atoms with Gasteiger partial charge in [0, 0.05) is 12.6 Å². The van der Waals surface area contributed by atoms with Crippen molar-refractivity contribution < 1.29 is 22.4 Å². The third-order valence-electron chi connectivity index (χ3n) is 7.26. The van der Waals surface area contributed by atoms with E-state index in [1.165, 1.54) is 29.2 Å². The van der Waals surface area contributed by atoms with E-state index in [2.05, 4.69) is 5.32 Å². The summed E-state index contributed by atoms with van der Waals surface area (Å²) in [5.74, 6) is -1.20. The van der Waals surface area contributed by atoms with Gasteiger partial charge in [-0.2, -0.15) is 0 Å². The van der Waals surface area contributed by atoms with Gasteiger partial charge in [0.15, 0.2) is 0 Å². The minimum absolute atomic E-state index is 0.0315. The highest BCUT2D eigenvalue weighted by atomic mass is 32.2. The van der Waals surface area contributed by atoms with Crippen molar-refractivity contribution in [2.45, 2.75) is 69.0 Å². The summed E-state index contributed by atoms with van der Waals surface area (Å²) in [5.41, 5.74) is 0.969. The fourth-order valence-corrected chi connectivity index (χ4v) is 6.53. The highest BCUT2D eigenvalue weighted by Crippen LogP contribution is 2.25. The molecule has 2 amide bonds. The van der Waals surface area contributed by atoms with Crippen LogP contribution >= 0.6 is 0 Å². The summed E-state index contributed by atoms with van der Waals surface area (Å²) < 4.78 is 42.2. The molecule has 0 unspecified atom stereocenters. The smallest absolute Gasteiger partial charge is 0.264 e. The monoisotopic (exact) mass is 565 g/mol. The lowest BCUT2D eigenvalue weighted by molar-refractivity contribution is -0.140. The van der Waals surface area contributed by atoms with E-state index >= 15 is 0 Å². The maximum absolute atomic E-state index is 14.0. The molecule has 40 heavy (non-hydrogen) atoms. The first-order valence-electron chi connectivity index (χ1n) is 13.8. The fraction of sp³-hybridized carbons (Fsp3) is 0.355. The number of rotatable bonds is 11. The van der Waals surface area contributed by atoms with Crippen LogP contribution in [0.2, 0.25) is 0 Å². The molecule has 0 aromatic heterocycles. The van der Waals surface area contributed by atoms with Gasteiger partial charge >= 0.3 is 0 Å². The third kappa shape index (κ3) is 7.27. The van der Waals surface area contributed by atoms with E-state index in [0.717, 1.165) is 36.4 Å². The van der Waals surface area contributed by atoms with Crippen LogP contribution in [-0.4, -0.2) is 43.8 Å². The Balaban J connectivity index is 1.67. The number of hydrogen-bond acceptors (Lipinski definition) is 4. The second-order valence-corrected chi connectivity index (χ2v) is 11.9. The van der Waals surface area contributed by atoms with E-state index in [1.807, 2.05) is 6.92 Å². The van der Waals surface area contributed by atoms with E-state index in [1.54, 1.807) is 60.7 Å². The zero-order valence-corrected chi connectivity index (χ0v) is 23.5. The predicted octanol–water partition coefficient (Wildman–Crippen LogP) is 5.28. The summed E-state index contributed by atoms with van der Waals surface area (Å²) in [6, 6.07) is 21.3. The topological polar surface area (TPSA) is 86.8 Å². The average molecular weight is 566 g/mol. The SMILES string of the molecule is CC[C@H](C(=O)NC1CCCCC1)N(Cc1ccc(F)cc1)C(=O)CN(c1ccccc1)S(=O)(=O)c1ccccc1. The number of sulfonamides is 1. The molecule has 1 fully saturated rings. The molecule has 3 aromatic rings. The lowest BCUT2D eigenvalue weighted by Gasteiger charge is -2.34. The molecular weight excluding hydrogens is 529 g/mol. The van der Waals surface area contributed by atoms with Crippen molar-refractivity contribution in [3.8, 4) is 0 Å². The molecule has 9 heteroatoms. The van der Waals surface area contributed by atoms with Gasteiger partial charge in [-0.05, 0) is 61.2 Å². The number of nitrogens with one attached hydrogen (secondary N) is 1. The first kappa shape index (κ1) is 29.3. The van der Waals surface area contributed by atoms with Crippen LogP contribution in [0.3, 0.4) is 0 Å². The summed E-state index contributed by atoms with van der Waals surface area (Å²) in [7, 11) is -4.10. The number of carbonyl (C=O) groups is 2. The van der Waals surface area contributed by atoms with Crippen molar-refractivity contribution in [1.29, 1.82) is 0 Å². The molecule has 1 N–H and O–H groups in total. The van der Waals surface area contributed by atoms with Gasteiger partial charge in [0.25, 0.3) is 10.0 Å². The number of amides is 2. The highest BCUT2D eigenvalue weighted by Gasteiger charge is 2.34. The quantitative estimate of drug-likeness (QED) is 0.343. The summed E-state index contributed by atoms with van der Waals surface area (Å²) in [4.78, 5) is 29.0. The van der Waals surface area contributed by atoms with Crippen molar-refractivity contribution in [1.82, 2.24) is 10.2 Å². The zero-order chi connectivity index (χ0) is 28.5. The van der Waals surface area contributed by atoms with Crippen molar-refractivity contribution in [2.24, 2.45) is 0 Å². The molecule has 0 radical (unpaired) electrons. The summed E-state index contributed by atoms with van der Waals surface area (Å²) in [6.07, 6.45) is 5.36. The van der Waals surface area contributed by atoms with Gasteiger partial charge in [-0.3, -0.25) is 13.9 Å². The van der Waals surface area contributed by atoms with Gasteiger partial charge in [-0.25, -0.2) is 12.8 Å². The maximum Gasteiger partial charge on any atom is 0.264 e. The van der Waals surface area contributed by atoms with Gasteiger partial charge in [0.2, 0.25) is 11.8 Å². The molecule has 0 bridgehead atoms. The Bertz CT molecular complexity index is 1360. The van der Waals surface area contributed by atoms with Crippen LogP contribution in [0.4, 0.5) is 10.1 Å². The number of benzene rings is 3. The molecule has 4 rings (SSSR count). The van der Waals surface area contributed by atoms with Crippen molar-refractivity contribution in [2.75, 3.05) is 10.8 Å². The summed E-state index contributed by atoms with van der Waals surface area (Å²) in [6.45, 7) is 1.35. The number of hydrogen-bond donors (Lipinski definition) is 1. The zero-order valence-electron chi connectivity index (χ0n) is 22.7. The Kier molecular flexibility index (Phi) is 9.93. The number of carbonyl (C=O) groups excluding carboxylic acids is 2. The van der Waals surface area contributed by atoms with Crippen LogP contribution in [0.1, 0.15) is 51.0 Å². The van der Waals surface area contributed by atoms with E-state index in [4.69, 9.17) is 0 Å². The number of anilines is 1. The molecule has 1 aliphatic carbocycles. The minimum atomic E-state index is -4.10. The normalized spacial score (nSPS) is 14.8. The largest absolute Gasteiger partial charge is 0.352 e. The number of halogens is 1. The van der Waals surface area contributed by atoms with E-state index in [9.17, 15) is 22.4 Å². The van der Waals surface area contributed by atoms with Gasteiger partial charge < -0.3 is 10.2 Å². The Morgan fingerprint density at radius 1 is 0.900 bits per heavy atom. The molecule has 7 nitrogen and oxygen atoms in total. The third-order valence-corrected chi connectivity index (χ3v) is 9.05. The molecule has 3 aromatic carbocycles. The highest BCUT2D eigenvalue weighted by molar-refractivity contribution is 7.92. The molecule has 1 saturated carbocycles. The van der Waals surface area contributed by atoms with Gasteiger partial charge in [0.05, 0.1) is 10.6 Å². The first-order chi connectivity index (χ1) is 19.3. The van der Waals surface area contributed by atoms with Gasteiger partial charge in [-0.1, -0.05) is 74.7 Å². The van der Waals surface area contributed by atoms with Crippen LogP contribution in [0, 0.1) is 5.82 Å². The Morgan fingerprint density at radius 3 is 2.10 bits per heavy atom. The van der Waals surface area contributed by atoms with Crippen LogP contribution in [-0.2, 0) is 26.2 Å². The average Bonchev–Trinajstić information content (AvgIpc) is 2.98. The summed E-state index contributed by atoms with van der Waals surface area (Å²) in [5, 5.41) is 3.12. The molecule has 212 valence electrons. The second kappa shape index (κ2) is 13.6. The van der Waals surface area contributed by atoms with E-state index in [0.29, 0.717) is 17.7 Å². The Hall–Kier alpha value is -3.72. The van der Waals surface area contributed by atoms with Crippen molar-refractivity contribution in [3.63, 3.8) is 0 Å².